The molecule has 0 aromatic carbocycles. The average Bonchev–Trinajstić information content (AvgIpc) is 2.82. The molecule has 13 heteroatoms. The van der Waals surface area contributed by atoms with Gasteiger partial charge < -0.3 is 9.88 Å². The van der Waals surface area contributed by atoms with Gasteiger partial charge in [0.25, 0.3) is 5.56 Å². The number of aryl methyl sites for hydroxylation is 1. The second-order valence-corrected chi connectivity index (χ2v) is 5.29. The first kappa shape index (κ1) is 19.2. The quantitative estimate of drug-likeness (QED) is 0.646. The van der Waals surface area contributed by atoms with Crippen molar-refractivity contribution < 1.29 is 18.0 Å². The van der Waals surface area contributed by atoms with Gasteiger partial charge in [-0.2, -0.15) is 13.2 Å². The predicted molar refractivity (Wildman–Crippen MR) is 81.4 cm³/mol. The smallest absolute Gasteiger partial charge is 0.354 e. The summed E-state index contributed by atoms with van der Waals surface area (Å²) in [6, 6.07) is 1.13. The lowest BCUT2D eigenvalue weighted by Gasteiger charge is -2.06. The summed E-state index contributed by atoms with van der Waals surface area (Å²) in [6.07, 6.45) is -3.62. The monoisotopic (exact) mass is 376 g/mol. The zero-order valence-electron chi connectivity index (χ0n) is 13.5. The van der Waals surface area contributed by atoms with E-state index < -0.39 is 34.8 Å². The topological polar surface area (TPSA) is 124 Å². The van der Waals surface area contributed by atoms with Crippen LogP contribution in [0.3, 0.4) is 0 Å². The van der Waals surface area contributed by atoms with Crippen molar-refractivity contribution in [2.75, 3.05) is 6.54 Å². The highest BCUT2D eigenvalue weighted by atomic mass is 19.4. The van der Waals surface area contributed by atoms with Crippen LogP contribution in [0.4, 0.5) is 13.2 Å². The van der Waals surface area contributed by atoms with E-state index >= 15 is 0 Å². The number of carbonyl (C=O) groups is 1. The van der Waals surface area contributed by atoms with E-state index in [-0.39, 0.29) is 26.1 Å². The molecule has 0 saturated heterocycles. The molecular weight excluding hydrogens is 361 g/mol. The lowest BCUT2D eigenvalue weighted by atomic mass is 10.4. The molecule has 0 saturated carbocycles. The van der Waals surface area contributed by atoms with E-state index in [0.29, 0.717) is 9.25 Å². The molecule has 2 N–H and O–H groups in total. The fourth-order valence-electron chi connectivity index (χ4n) is 2.11. The maximum atomic E-state index is 12.7. The Kier molecular flexibility index (Phi) is 5.47. The zero-order valence-corrected chi connectivity index (χ0v) is 13.5. The second-order valence-electron chi connectivity index (χ2n) is 5.29. The van der Waals surface area contributed by atoms with Gasteiger partial charge in [-0.05, 0) is 0 Å². The molecule has 2 heterocycles. The summed E-state index contributed by atoms with van der Waals surface area (Å²) in [5, 5.41) is 5.61. The van der Waals surface area contributed by atoms with Gasteiger partial charge in [-0.15, -0.1) is 5.10 Å². The van der Waals surface area contributed by atoms with Gasteiger partial charge in [-0.25, -0.2) is 14.3 Å². The number of halogens is 3. The number of alkyl halides is 3. The Bertz CT molecular complexity index is 968. The highest BCUT2D eigenvalue weighted by Crippen LogP contribution is 2.25. The van der Waals surface area contributed by atoms with Crippen LogP contribution in [-0.2, 0) is 31.1 Å². The van der Waals surface area contributed by atoms with Gasteiger partial charge in [0.1, 0.15) is 0 Å². The van der Waals surface area contributed by atoms with E-state index in [1.165, 1.54) is 6.20 Å². The van der Waals surface area contributed by atoms with Gasteiger partial charge >= 0.3 is 17.6 Å². The first-order valence-electron chi connectivity index (χ1n) is 7.37. The van der Waals surface area contributed by atoms with E-state index in [4.69, 9.17) is 0 Å². The number of nitrogens with one attached hydrogen (secondary N) is 2. The molecule has 2 rings (SSSR count). The van der Waals surface area contributed by atoms with Gasteiger partial charge in [0.15, 0.2) is 0 Å². The van der Waals surface area contributed by atoms with E-state index in [2.05, 4.69) is 10.4 Å². The molecular formula is C13H15F3N6O4. The standard InChI is InChI=1S/C13H15F3N6O4/c1-20-10(13(14,15)16)19-22(12(20)26)7-4-17-8(23)2-5-21-6-3-9(24)18-11(21)25/h3,6H,2,4-5,7H2,1H3,(H,17,23)(H,18,24,25). The van der Waals surface area contributed by atoms with Crippen LogP contribution in [-0.4, -0.2) is 36.4 Å². The SMILES string of the molecule is Cn1c(C(F)(F)F)nn(CCNC(=O)CCn2ccc(=O)[nH]c2=O)c1=O. The number of aromatic amines is 1. The molecule has 2 aromatic rings. The molecule has 0 spiro atoms. The molecule has 2 aromatic heterocycles. The van der Waals surface area contributed by atoms with Gasteiger partial charge in [0, 0.05) is 38.8 Å². The van der Waals surface area contributed by atoms with Crippen molar-refractivity contribution in [1.82, 2.24) is 29.2 Å². The fraction of sp³-hybridized carbons (Fsp3) is 0.462. The molecule has 26 heavy (non-hydrogen) atoms. The zero-order chi connectivity index (χ0) is 19.5. The van der Waals surface area contributed by atoms with Crippen molar-refractivity contribution in [3.63, 3.8) is 0 Å². The Hall–Kier alpha value is -3.12. The number of nitrogens with zero attached hydrogens (tertiary/aromatic N) is 4. The van der Waals surface area contributed by atoms with Gasteiger partial charge in [0.2, 0.25) is 11.7 Å². The largest absolute Gasteiger partial charge is 0.451 e. The molecule has 1 amide bonds. The van der Waals surface area contributed by atoms with Crippen LogP contribution >= 0.6 is 0 Å². The summed E-state index contributed by atoms with van der Waals surface area (Å²) in [5.74, 6) is -1.81. The van der Waals surface area contributed by atoms with Crippen LogP contribution in [0.5, 0.6) is 0 Å². The summed E-state index contributed by atoms with van der Waals surface area (Å²) in [5.41, 5.74) is -2.17. The van der Waals surface area contributed by atoms with Crippen LogP contribution in [0, 0.1) is 0 Å². The van der Waals surface area contributed by atoms with Crippen molar-refractivity contribution in [3.8, 4) is 0 Å². The maximum absolute atomic E-state index is 12.7. The molecule has 0 bridgehead atoms. The summed E-state index contributed by atoms with van der Waals surface area (Å²) < 4.78 is 40.1. The van der Waals surface area contributed by atoms with E-state index in [1.807, 2.05) is 4.98 Å². The van der Waals surface area contributed by atoms with E-state index in [9.17, 15) is 32.3 Å². The molecule has 0 radical (unpaired) electrons. The second kappa shape index (κ2) is 7.41. The molecule has 10 nitrogen and oxygen atoms in total. The number of carbonyl (C=O) groups excluding carboxylic acids is 1. The molecule has 0 aliphatic rings. The minimum atomic E-state index is -4.76. The molecule has 0 aliphatic heterocycles. The van der Waals surface area contributed by atoms with E-state index in [0.717, 1.165) is 17.7 Å². The Morgan fingerprint density at radius 2 is 1.96 bits per heavy atom. The van der Waals surface area contributed by atoms with Gasteiger partial charge in [-0.1, -0.05) is 0 Å². The van der Waals surface area contributed by atoms with Crippen LogP contribution in [0.2, 0.25) is 0 Å². The average molecular weight is 376 g/mol. The first-order chi connectivity index (χ1) is 12.1. The Morgan fingerprint density at radius 1 is 1.27 bits per heavy atom. The number of rotatable bonds is 6. The fourth-order valence-corrected chi connectivity index (χ4v) is 2.11. The highest BCUT2D eigenvalue weighted by Gasteiger charge is 2.37. The summed E-state index contributed by atoms with van der Waals surface area (Å²) >= 11 is 0. The molecule has 0 aliphatic carbocycles. The molecule has 0 unspecified atom stereocenters. The van der Waals surface area contributed by atoms with Crippen LogP contribution in [0.15, 0.2) is 26.6 Å². The molecule has 0 atom stereocenters. The lowest BCUT2D eigenvalue weighted by molar-refractivity contribution is -0.147. The third-order valence-electron chi connectivity index (χ3n) is 3.42. The van der Waals surface area contributed by atoms with Crippen molar-refractivity contribution >= 4 is 5.91 Å². The number of hydrogen-bond donors (Lipinski definition) is 2. The van der Waals surface area contributed by atoms with Crippen LogP contribution in [0.25, 0.3) is 0 Å². The first-order valence-corrected chi connectivity index (χ1v) is 7.37. The number of amides is 1. The van der Waals surface area contributed by atoms with E-state index in [1.54, 1.807) is 0 Å². The Balaban J connectivity index is 1.88. The summed E-state index contributed by atoms with van der Waals surface area (Å²) in [4.78, 5) is 47.8. The summed E-state index contributed by atoms with van der Waals surface area (Å²) in [7, 11) is 0.954. The maximum Gasteiger partial charge on any atom is 0.451 e. The normalized spacial score (nSPS) is 11.5. The van der Waals surface area contributed by atoms with Crippen molar-refractivity contribution in [2.45, 2.75) is 25.7 Å². The molecule has 0 fully saturated rings. The molecule has 142 valence electrons. The van der Waals surface area contributed by atoms with Crippen molar-refractivity contribution in [3.05, 3.63) is 49.4 Å². The Labute approximate surface area is 142 Å². The Morgan fingerprint density at radius 3 is 2.54 bits per heavy atom. The van der Waals surface area contributed by atoms with Crippen molar-refractivity contribution in [2.24, 2.45) is 7.05 Å². The number of H-pyrrole nitrogens is 1. The van der Waals surface area contributed by atoms with Gasteiger partial charge in [0.05, 0.1) is 6.54 Å². The number of aromatic nitrogens is 5. The highest BCUT2D eigenvalue weighted by molar-refractivity contribution is 5.75. The third-order valence-corrected chi connectivity index (χ3v) is 3.42. The predicted octanol–water partition coefficient (Wildman–Crippen LogP) is -1.34. The minimum Gasteiger partial charge on any atom is -0.354 e. The lowest BCUT2D eigenvalue weighted by Crippen LogP contribution is -2.33. The van der Waals surface area contributed by atoms with Crippen molar-refractivity contribution in [1.29, 1.82) is 0 Å². The number of hydrogen-bond acceptors (Lipinski definition) is 5. The van der Waals surface area contributed by atoms with Crippen LogP contribution < -0.4 is 22.3 Å². The van der Waals surface area contributed by atoms with Gasteiger partial charge in [-0.3, -0.25) is 19.1 Å². The minimum absolute atomic E-state index is 0.00318. The third kappa shape index (κ3) is 4.49. The summed E-state index contributed by atoms with van der Waals surface area (Å²) in [6.45, 7) is -0.357. The van der Waals surface area contributed by atoms with Crippen LogP contribution in [0.1, 0.15) is 12.2 Å².